The molecule has 1 N–H and O–H groups in total. The molecule has 0 aromatic carbocycles. The van der Waals surface area contributed by atoms with Crippen molar-refractivity contribution in [1.82, 2.24) is 14.6 Å². The number of carbonyl (C=O) groups is 1. The van der Waals surface area contributed by atoms with Crippen LogP contribution in [0, 0.1) is 5.92 Å². The first-order valence-electron chi connectivity index (χ1n) is 5.06. The molecule has 2 aromatic rings. The maximum atomic E-state index is 11.5. The van der Waals surface area contributed by atoms with Crippen LogP contribution in [0.3, 0.4) is 0 Å². The first-order chi connectivity index (χ1) is 7.74. The van der Waals surface area contributed by atoms with Gasteiger partial charge in [0.15, 0.2) is 5.65 Å². The van der Waals surface area contributed by atoms with Crippen LogP contribution < -0.4 is 5.32 Å². The SMILES string of the molecule is O=C(Nc1nc2cccc(Br)n2n1)C1CC1. The number of rotatable bonds is 2. The van der Waals surface area contributed by atoms with Crippen molar-refractivity contribution in [3.05, 3.63) is 22.8 Å². The highest BCUT2D eigenvalue weighted by atomic mass is 79.9. The first kappa shape index (κ1) is 9.77. The van der Waals surface area contributed by atoms with E-state index in [-0.39, 0.29) is 11.8 Å². The predicted octanol–water partition coefficient (Wildman–Crippen LogP) is 1.84. The molecule has 1 saturated carbocycles. The van der Waals surface area contributed by atoms with E-state index >= 15 is 0 Å². The fourth-order valence-corrected chi connectivity index (χ4v) is 1.90. The van der Waals surface area contributed by atoms with Crippen LogP contribution >= 0.6 is 15.9 Å². The zero-order chi connectivity index (χ0) is 11.1. The molecule has 0 radical (unpaired) electrons. The summed E-state index contributed by atoms with van der Waals surface area (Å²) < 4.78 is 2.45. The molecule has 0 bridgehead atoms. The first-order valence-corrected chi connectivity index (χ1v) is 5.85. The van der Waals surface area contributed by atoms with Gasteiger partial charge in [0, 0.05) is 5.92 Å². The Kier molecular flexibility index (Phi) is 2.17. The smallest absolute Gasteiger partial charge is 0.249 e. The number of hydrogen-bond acceptors (Lipinski definition) is 3. The molecule has 0 atom stereocenters. The number of aromatic nitrogens is 3. The molecule has 1 fully saturated rings. The standard InChI is InChI=1S/C10H9BrN4O/c11-7-2-1-3-8-12-10(14-15(7)8)13-9(16)6-4-5-6/h1-3,6H,4-5H2,(H,13,14,16). The minimum atomic E-state index is 0.0204. The summed E-state index contributed by atoms with van der Waals surface area (Å²) in [5.74, 6) is 0.547. The molecule has 2 heterocycles. The van der Waals surface area contributed by atoms with E-state index < -0.39 is 0 Å². The molecule has 82 valence electrons. The van der Waals surface area contributed by atoms with Gasteiger partial charge in [-0.1, -0.05) is 6.07 Å². The second kappa shape index (κ2) is 3.55. The zero-order valence-electron chi connectivity index (χ0n) is 8.35. The topological polar surface area (TPSA) is 59.3 Å². The van der Waals surface area contributed by atoms with E-state index in [1.807, 2.05) is 18.2 Å². The summed E-state index contributed by atoms with van der Waals surface area (Å²) in [6.45, 7) is 0. The highest BCUT2D eigenvalue weighted by molar-refractivity contribution is 9.10. The second-order valence-corrected chi connectivity index (χ2v) is 4.63. The number of halogens is 1. The van der Waals surface area contributed by atoms with Gasteiger partial charge in [-0.05, 0) is 40.9 Å². The van der Waals surface area contributed by atoms with Gasteiger partial charge in [0.1, 0.15) is 4.60 Å². The maximum Gasteiger partial charge on any atom is 0.249 e. The van der Waals surface area contributed by atoms with Crippen LogP contribution in [0.2, 0.25) is 0 Å². The largest absolute Gasteiger partial charge is 0.293 e. The Hall–Kier alpha value is -1.43. The van der Waals surface area contributed by atoms with E-state index in [0.29, 0.717) is 11.6 Å². The maximum absolute atomic E-state index is 11.5. The molecule has 0 saturated heterocycles. The monoisotopic (exact) mass is 280 g/mol. The van der Waals surface area contributed by atoms with Crippen LogP contribution in [-0.2, 0) is 4.79 Å². The fraction of sp³-hybridized carbons (Fsp3) is 0.300. The normalized spacial score (nSPS) is 15.3. The van der Waals surface area contributed by atoms with Gasteiger partial charge < -0.3 is 0 Å². The van der Waals surface area contributed by atoms with Crippen molar-refractivity contribution in [2.45, 2.75) is 12.8 Å². The lowest BCUT2D eigenvalue weighted by Gasteiger charge is -1.96. The van der Waals surface area contributed by atoms with E-state index in [1.165, 1.54) is 0 Å². The third-order valence-electron chi connectivity index (χ3n) is 2.50. The number of fused-ring (bicyclic) bond motifs is 1. The van der Waals surface area contributed by atoms with Gasteiger partial charge in [0.05, 0.1) is 0 Å². The van der Waals surface area contributed by atoms with E-state index in [2.05, 4.69) is 31.3 Å². The molecule has 1 aliphatic rings. The molecule has 16 heavy (non-hydrogen) atoms. The number of pyridine rings is 1. The summed E-state index contributed by atoms with van der Waals surface area (Å²) in [6, 6.07) is 5.58. The highest BCUT2D eigenvalue weighted by Gasteiger charge is 2.30. The third-order valence-corrected chi connectivity index (χ3v) is 3.10. The van der Waals surface area contributed by atoms with Gasteiger partial charge in [-0.2, -0.15) is 4.98 Å². The molecule has 2 aromatic heterocycles. The number of nitrogens with zero attached hydrogens (tertiary/aromatic N) is 3. The predicted molar refractivity (Wildman–Crippen MR) is 62.0 cm³/mol. The van der Waals surface area contributed by atoms with Crippen molar-refractivity contribution < 1.29 is 4.79 Å². The van der Waals surface area contributed by atoms with Gasteiger partial charge in [-0.3, -0.25) is 10.1 Å². The van der Waals surface area contributed by atoms with Crippen LogP contribution in [-0.4, -0.2) is 20.5 Å². The van der Waals surface area contributed by atoms with Gasteiger partial charge in [0.2, 0.25) is 11.9 Å². The lowest BCUT2D eigenvalue weighted by molar-refractivity contribution is -0.117. The van der Waals surface area contributed by atoms with Gasteiger partial charge in [0.25, 0.3) is 0 Å². The Morgan fingerprint density at radius 1 is 1.50 bits per heavy atom. The van der Waals surface area contributed by atoms with E-state index in [1.54, 1.807) is 4.52 Å². The average Bonchev–Trinajstić information content (AvgIpc) is 3.01. The number of amides is 1. The van der Waals surface area contributed by atoms with Crippen molar-refractivity contribution in [1.29, 1.82) is 0 Å². The fourth-order valence-electron chi connectivity index (χ4n) is 1.48. The molecule has 1 amide bonds. The van der Waals surface area contributed by atoms with Crippen LogP contribution in [0.5, 0.6) is 0 Å². The molecule has 0 unspecified atom stereocenters. The number of anilines is 1. The summed E-state index contributed by atoms with van der Waals surface area (Å²) in [4.78, 5) is 15.7. The van der Waals surface area contributed by atoms with E-state index in [4.69, 9.17) is 0 Å². The zero-order valence-corrected chi connectivity index (χ0v) is 9.94. The molecule has 0 aliphatic heterocycles. The number of hydrogen-bond donors (Lipinski definition) is 1. The van der Waals surface area contributed by atoms with Crippen molar-refractivity contribution in [3.8, 4) is 0 Å². The van der Waals surface area contributed by atoms with Crippen molar-refractivity contribution in [2.24, 2.45) is 5.92 Å². The Morgan fingerprint density at radius 3 is 3.00 bits per heavy atom. The highest BCUT2D eigenvalue weighted by Crippen LogP contribution is 2.29. The molecular formula is C10H9BrN4O. The Balaban J connectivity index is 1.92. The van der Waals surface area contributed by atoms with Crippen molar-refractivity contribution in [3.63, 3.8) is 0 Å². The quantitative estimate of drug-likeness (QED) is 0.854. The summed E-state index contributed by atoms with van der Waals surface area (Å²) in [6.07, 6.45) is 1.95. The van der Waals surface area contributed by atoms with Crippen molar-refractivity contribution in [2.75, 3.05) is 5.32 Å². The van der Waals surface area contributed by atoms with E-state index in [0.717, 1.165) is 17.4 Å². The average molecular weight is 281 g/mol. The second-order valence-electron chi connectivity index (χ2n) is 3.82. The molecule has 3 rings (SSSR count). The van der Waals surface area contributed by atoms with Gasteiger partial charge in [-0.15, -0.1) is 5.10 Å². The Labute approximate surface area is 100.0 Å². The Bertz CT molecular complexity index is 561. The summed E-state index contributed by atoms with van der Waals surface area (Å²) in [5.41, 5.74) is 0.709. The summed E-state index contributed by atoms with van der Waals surface area (Å²) in [7, 11) is 0. The molecule has 6 heteroatoms. The van der Waals surface area contributed by atoms with E-state index in [9.17, 15) is 4.79 Å². The minimum Gasteiger partial charge on any atom is -0.293 e. The van der Waals surface area contributed by atoms with Crippen LogP contribution in [0.4, 0.5) is 5.95 Å². The lowest BCUT2D eigenvalue weighted by Crippen LogP contribution is -2.14. The van der Waals surface area contributed by atoms with Gasteiger partial charge >= 0.3 is 0 Å². The van der Waals surface area contributed by atoms with Crippen LogP contribution in [0.1, 0.15) is 12.8 Å². The minimum absolute atomic E-state index is 0.0204. The number of nitrogens with one attached hydrogen (secondary N) is 1. The van der Waals surface area contributed by atoms with Crippen LogP contribution in [0.25, 0.3) is 5.65 Å². The Morgan fingerprint density at radius 2 is 2.31 bits per heavy atom. The summed E-state index contributed by atoms with van der Waals surface area (Å²) in [5, 5.41) is 6.91. The summed E-state index contributed by atoms with van der Waals surface area (Å²) >= 11 is 3.37. The molecular weight excluding hydrogens is 272 g/mol. The molecule has 5 nitrogen and oxygen atoms in total. The third kappa shape index (κ3) is 1.69. The van der Waals surface area contributed by atoms with Crippen molar-refractivity contribution >= 4 is 33.4 Å². The van der Waals surface area contributed by atoms with Crippen LogP contribution in [0.15, 0.2) is 22.8 Å². The van der Waals surface area contributed by atoms with Gasteiger partial charge in [-0.25, -0.2) is 4.52 Å². The molecule has 0 spiro atoms. The number of carbonyl (C=O) groups excluding carboxylic acids is 1. The lowest BCUT2D eigenvalue weighted by atomic mass is 10.4. The molecule has 1 aliphatic carbocycles.